The van der Waals surface area contributed by atoms with E-state index < -0.39 is 28.9 Å². The molecule has 2 heterocycles. The molecule has 2 N–H and O–H groups in total. The molecule has 1 aromatic rings. The molecule has 160 valence electrons. The molecule has 0 saturated carbocycles. The summed E-state index contributed by atoms with van der Waals surface area (Å²) < 4.78 is 40.5. The maximum absolute atomic E-state index is 13.2. The molecule has 1 aliphatic heterocycles. The second-order valence-corrected chi connectivity index (χ2v) is 7.36. The summed E-state index contributed by atoms with van der Waals surface area (Å²) in [5.41, 5.74) is -0.888. The molecule has 0 bridgehead atoms. The number of anilines is 1. The van der Waals surface area contributed by atoms with Crippen LogP contribution in [0, 0.1) is 5.92 Å². The highest BCUT2D eigenvalue weighted by atomic mass is 19.4. The van der Waals surface area contributed by atoms with Gasteiger partial charge in [0, 0.05) is 57.6 Å². The molecule has 2 aliphatic rings. The molecule has 1 saturated heterocycles. The Morgan fingerprint density at radius 1 is 1.24 bits per heavy atom. The van der Waals surface area contributed by atoms with E-state index in [1.807, 2.05) is 11.0 Å². The highest BCUT2D eigenvalue weighted by Gasteiger charge is 2.38. The van der Waals surface area contributed by atoms with Gasteiger partial charge >= 0.3 is 11.9 Å². The lowest BCUT2D eigenvalue weighted by atomic mass is 9.91. The first kappa shape index (κ1) is 21.2. The number of nitrogens with zero attached hydrogens (tertiary/aromatic N) is 4. The second-order valence-electron chi connectivity index (χ2n) is 7.36. The van der Waals surface area contributed by atoms with Gasteiger partial charge in [0.05, 0.1) is 0 Å². The topological polar surface area (TPSA) is 86.3 Å². The largest absolute Gasteiger partial charge is 0.413 e. The van der Waals surface area contributed by atoms with Crippen LogP contribution in [0.4, 0.5) is 19.0 Å². The Bertz CT molecular complexity index is 909. The van der Waals surface area contributed by atoms with Crippen molar-refractivity contribution >= 4 is 5.82 Å². The average Bonchev–Trinajstić information content (AvgIpc) is 2.68. The van der Waals surface area contributed by atoms with Crippen LogP contribution in [0.1, 0.15) is 13.3 Å². The van der Waals surface area contributed by atoms with Crippen LogP contribution < -0.4 is 16.6 Å². The van der Waals surface area contributed by atoms with E-state index in [0.717, 1.165) is 4.57 Å². The van der Waals surface area contributed by atoms with Gasteiger partial charge in [0.2, 0.25) is 5.82 Å². The molecule has 1 aromatic heterocycles. The van der Waals surface area contributed by atoms with Crippen molar-refractivity contribution in [1.82, 2.24) is 24.6 Å². The highest BCUT2D eigenvalue weighted by Crippen LogP contribution is 2.37. The molecule has 3 rings (SSSR count). The van der Waals surface area contributed by atoms with Gasteiger partial charge in [0.25, 0.3) is 5.56 Å². The zero-order chi connectivity index (χ0) is 21.2. The number of H-pyrrole nitrogens is 1. The molecular formula is C18H25F3N6O2. The van der Waals surface area contributed by atoms with E-state index in [1.54, 1.807) is 6.92 Å². The third-order valence-electron chi connectivity index (χ3n) is 5.38. The monoisotopic (exact) mass is 414 g/mol. The molecular weight excluding hydrogens is 389 g/mol. The molecule has 1 aliphatic carbocycles. The molecule has 1 atom stereocenters. The van der Waals surface area contributed by atoms with Gasteiger partial charge < -0.3 is 10.2 Å². The van der Waals surface area contributed by atoms with Gasteiger partial charge in [0.1, 0.15) is 0 Å². The fourth-order valence-electron chi connectivity index (χ4n) is 3.52. The molecule has 1 fully saturated rings. The summed E-state index contributed by atoms with van der Waals surface area (Å²) in [6.07, 6.45) is -0.733. The molecule has 1 unspecified atom stereocenters. The van der Waals surface area contributed by atoms with Crippen molar-refractivity contribution in [3.63, 3.8) is 0 Å². The number of rotatable bonds is 5. The normalized spacial score (nSPS) is 21.0. The highest BCUT2D eigenvalue weighted by molar-refractivity contribution is 5.32. The average molecular weight is 414 g/mol. The number of nitrogens with one attached hydrogen (secondary N) is 2. The number of aromatic amines is 1. The van der Waals surface area contributed by atoms with Crippen molar-refractivity contribution < 1.29 is 13.2 Å². The summed E-state index contributed by atoms with van der Waals surface area (Å²) in [7, 11) is 1.37. The Balaban J connectivity index is 1.50. The summed E-state index contributed by atoms with van der Waals surface area (Å²) in [5.74, 6) is -0.433. The Labute approximate surface area is 165 Å². The Morgan fingerprint density at radius 2 is 1.93 bits per heavy atom. The zero-order valence-electron chi connectivity index (χ0n) is 16.4. The Hall–Kier alpha value is -2.56. The van der Waals surface area contributed by atoms with E-state index in [0.29, 0.717) is 51.4 Å². The summed E-state index contributed by atoms with van der Waals surface area (Å²) in [4.78, 5) is 27.4. The first-order chi connectivity index (χ1) is 13.7. The number of allylic oxidation sites excluding steroid dienone is 3. The lowest BCUT2D eigenvalue weighted by Gasteiger charge is -2.38. The summed E-state index contributed by atoms with van der Waals surface area (Å²) >= 11 is 0. The summed E-state index contributed by atoms with van der Waals surface area (Å²) in [6.45, 7) is 5.41. The quantitative estimate of drug-likeness (QED) is 0.745. The number of hydrogen-bond donors (Lipinski definition) is 2. The van der Waals surface area contributed by atoms with Crippen molar-refractivity contribution in [2.45, 2.75) is 19.5 Å². The molecule has 8 nitrogen and oxygen atoms in total. The van der Waals surface area contributed by atoms with E-state index in [1.165, 1.54) is 13.1 Å². The summed E-state index contributed by atoms with van der Waals surface area (Å²) in [5, 5.41) is 8.87. The second kappa shape index (κ2) is 8.44. The lowest BCUT2D eigenvalue weighted by Crippen LogP contribution is -2.47. The van der Waals surface area contributed by atoms with Crippen molar-refractivity contribution in [1.29, 1.82) is 0 Å². The van der Waals surface area contributed by atoms with Crippen LogP contribution in [0.25, 0.3) is 0 Å². The maximum Gasteiger partial charge on any atom is 0.413 e. The molecule has 0 aromatic carbocycles. The van der Waals surface area contributed by atoms with E-state index in [2.05, 4.69) is 20.4 Å². The van der Waals surface area contributed by atoms with Gasteiger partial charge in [-0.3, -0.25) is 14.3 Å². The minimum Gasteiger partial charge on any atom is -0.369 e. The number of hydrogen-bond acceptors (Lipinski definition) is 6. The maximum atomic E-state index is 13.2. The van der Waals surface area contributed by atoms with Gasteiger partial charge in [-0.1, -0.05) is 13.0 Å². The fourth-order valence-corrected chi connectivity index (χ4v) is 3.52. The first-order valence-electron chi connectivity index (χ1n) is 9.52. The predicted octanol–water partition coefficient (Wildman–Crippen LogP) is 0.910. The number of alkyl halides is 3. The van der Waals surface area contributed by atoms with Crippen molar-refractivity contribution in [3.8, 4) is 0 Å². The lowest BCUT2D eigenvalue weighted by molar-refractivity contribution is -0.0987. The van der Waals surface area contributed by atoms with Crippen LogP contribution in [0.15, 0.2) is 33.0 Å². The van der Waals surface area contributed by atoms with Crippen LogP contribution >= 0.6 is 0 Å². The molecule has 0 radical (unpaired) electrons. The van der Waals surface area contributed by atoms with E-state index >= 15 is 0 Å². The molecule has 11 heteroatoms. The van der Waals surface area contributed by atoms with Gasteiger partial charge in [-0.05, 0) is 18.4 Å². The number of halogens is 3. The molecule has 29 heavy (non-hydrogen) atoms. The van der Waals surface area contributed by atoms with E-state index in [9.17, 15) is 22.8 Å². The van der Waals surface area contributed by atoms with Crippen LogP contribution in [0.3, 0.4) is 0 Å². The first-order valence-corrected chi connectivity index (χ1v) is 9.52. The smallest absolute Gasteiger partial charge is 0.369 e. The molecule has 0 spiro atoms. The van der Waals surface area contributed by atoms with Gasteiger partial charge in [-0.25, -0.2) is 9.89 Å². The third kappa shape index (κ3) is 4.89. The van der Waals surface area contributed by atoms with Crippen LogP contribution in [0.2, 0.25) is 0 Å². The minimum absolute atomic E-state index is 0.0806. The Kier molecular flexibility index (Phi) is 6.15. The van der Waals surface area contributed by atoms with Crippen molar-refractivity contribution in [2.75, 3.05) is 44.6 Å². The van der Waals surface area contributed by atoms with Gasteiger partial charge in [0.15, 0.2) is 0 Å². The van der Waals surface area contributed by atoms with Gasteiger partial charge in [-0.15, -0.1) is 5.10 Å². The van der Waals surface area contributed by atoms with E-state index in [4.69, 9.17) is 0 Å². The zero-order valence-corrected chi connectivity index (χ0v) is 16.4. The predicted molar refractivity (Wildman–Crippen MR) is 103 cm³/mol. The van der Waals surface area contributed by atoms with Crippen LogP contribution in [0.5, 0.6) is 0 Å². The minimum atomic E-state index is -4.29. The Morgan fingerprint density at radius 3 is 2.59 bits per heavy atom. The van der Waals surface area contributed by atoms with Crippen molar-refractivity contribution in [3.05, 3.63) is 44.3 Å². The third-order valence-corrected chi connectivity index (χ3v) is 5.38. The number of piperazine rings is 1. The van der Waals surface area contributed by atoms with Crippen LogP contribution in [-0.2, 0) is 7.05 Å². The SMILES string of the molecule is CC1CC=C(N2CCN(CCNc3n[nH]c(=O)n(C)c3=O)CC2)C=C1C(F)(F)F. The number of aromatic nitrogens is 3. The van der Waals surface area contributed by atoms with Crippen molar-refractivity contribution in [2.24, 2.45) is 13.0 Å². The van der Waals surface area contributed by atoms with Crippen LogP contribution in [-0.4, -0.2) is 70.0 Å². The summed E-state index contributed by atoms with van der Waals surface area (Å²) in [6, 6.07) is 0. The molecule has 0 amide bonds. The van der Waals surface area contributed by atoms with Gasteiger partial charge in [-0.2, -0.15) is 13.2 Å². The van der Waals surface area contributed by atoms with E-state index in [-0.39, 0.29) is 5.82 Å². The fraction of sp³-hybridized carbons (Fsp3) is 0.611. The standard InChI is InChI=1S/C18H25F3N6O2/c1-12-3-4-13(11-14(12)18(19,20)21)27-9-7-26(8-10-27)6-5-22-15-16(28)25(2)17(29)24-23-15/h4,11-12H,3,5-10H2,1-2H3,(H,22,23)(H,24,29).